The monoisotopic (exact) mass is 290 g/mol. The van der Waals surface area contributed by atoms with Crippen LogP contribution in [0, 0.1) is 23.2 Å². The first kappa shape index (κ1) is 12.7. The van der Waals surface area contributed by atoms with Crippen molar-refractivity contribution in [3.05, 3.63) is 12.2 Å². The van der Waals surface area contributed by atoms with E-state index in [2.05, 4.69) is 12.2 Å². The topological polar surface area (TPSA) is 44.8 Å². The van der Waals surface area contributed by atoms with Crippen molar-refractivity contribution >= 4 is 5.97 Å². The van der Waals surface area contributed by atoms with Crippen molar-refractivity contribution < 1.29 is 19.0 Å². The molecule has 4 nitrogen and oxygen atoms in total. The van der Waals surface area contributed by atoms with Crippen molar-refractivity contribution in [3.63, 3.8) is 0 Å². The van der Waals surface area contributed by atoms with Gasteiger partial charge in [0.2, 0.25) is 0 Å². The number of rotatable bonds is 1. The maximum atomic E-state index is 12.5. The predicted octanol–water partition coefficient (Wildman–Crippen LogP) is 2.43. The first-order chi connectivity index (χ1) is 10.2. The molecular weight excluding hydrogens is 268 g/mol. The van der Waals surface area contributed by atoms with Crippen molar-refractivity contribution in [2.24, 2.45) is 23.2 Å². The van der Waals surface area contributed by atoms with Crippen LogP contribution >= 0.6 is 0 Å². The zero-order chi connectivity index (χ0) is 14.1. The van der Waals surface area contributed by atoms with Gasteiger partial charge in [-0.15, -0.1) is 0 Å². The fraction of sp³-hybridized carbons (Fsp3) is 0.824. The van der Waals surface area contributed by atoms with Gasteiger partial charge < -0.3 is 14.2 Å². The van der Waals surface area contributed by atoms with Crippen LogP contribution in [-0.4, -0.2) is 31.1 Å². The van der Waals surface area contributed by atoms with Gasteiger partial charge in [0.05, 0.1) is 24.7 Å². The number of fused-ring (bicyclic) bond motifs is 3. The second kappa shape index (κ2) is 4.11. The van der Waals surface area contributed by atoms with E-state index in [9.17, 15) is 4.79 Å². The maximum Gasteiger partial charge on any atom is 0.313 e. The van der Waals surface area contributed by atoms with Gasteiger partial charge in [-0.05, 0) is 37.5 Å². The minimum atomic E-state index is -0.342. The van der Waals surface area contributed by atoms with Crippen LogP contribution in [0.25, 0.3) is 0 Å². The average Bonchev–Trinajstić information content (AvgIpc) is 3.26. The number of allylic oxidation sites excluding steroid dienone is 2. The molecule has 5 atom stereocenters. The van der Waals surface area contributed by atoms with Crippen LogP contribution in [0.1, 0.15) is 38.5 Å². The lowest BCUT2D eigenvalue weighted by atomic mass is 9.66. The van der Waals surface area contributed by atoms with E-state index in [1.807, 2.05) is 0 Å². The molecule has 3 aliphatic carbocycles. The van der Waals surface area contributed by atoms with Gasteiger partial charge in [0.25, 0.3) is 0 Å². The molecule has 0 aromatic heterocycles. The molecule has 5 aliphatic rings. The molecule has 0 aromatic carbocycles. The highest BCUT2D eigenvalue weighted by molar-refractivity contribution is 5.81. The third kappa shape index (κ3) is 1.55. The molecule has 114 valence electrons. The fourth-order valence-corrected chi connectivity index (χ4v) is 5.55. The minimum absolute atomic E-state index is 0.0142. The summed E-state index contributed by atoms with van der Waals surface area (Å²) in [5.74, 6) is 0.757. The maximum absolute atomic E-state index is 12.5. The fourth-order valence-electron chi connectivity index (χ4n) is 5.55. The Bertz CT molecular complexity index is 507. The molecule has 0 amide bonds. The number of carbonyl (C=O) groups excluding carboxylic acids is 1. The van der Waals surface area contributed by atoms with E-state index in [-0.39, 0.29) is 29.2 Å². The highest BCUT2D eigenvalue weighted by Crippen LogP contribution is 2.61. The summed E-state index contributed by atoms with van der Waals surface area (Å²) in [4.78, 5) is 12.5. The molecule has 2 saturated carbocycles. The largest absolute Gasteiger partial charge is 0.465 e. The van der Waals surface area contributed by atoms with E-state index in [4.69, 9.17) is 14.2 Å². The van der Waals surface area contributed by atoms with Gasteiger partial charge in [0.15, 0.2) is 5.79 Å². The van der Waals surface area contributed by atoms with Crippen LogP contribution < -0.4 is 0 Å². The van der Waals surface area contributed by atoms with Gasteiger partial charge in [-0.1, -0.05) is 12.2 Å². The molecule has 2 aliphatic heterocycles. The quantitative estimate of drug-likeness (QED) is 0.549. The first-order valence-electron chi connectivity index (χ1n) is 8.39. The third-order valence-corrected chi connectivity index (χ3v) is 6.56. The summed E-state index contributed by atoms with van der Waals surface area (Å²) in [6.07, 6.45) is 11.0. The van der Waals surface area contributed by atoms with E-state index in [1.54, 1.807) is 0 Å². The molecular formula is C17H22O4. The van der Waals surface area contributed by atoms with Crippen LogP contribution in [-0.2, 0) is 19.0 Å². The van der Waals surface area contributed by atoms with Crippen LogP contribution in [0.5, 0.6) is 0 Å². The summed E-state index contributed by atoms with van der Waals surface area (Å²) in [6, 6.07) is 0. The molecule has 0 radical (unpaired) electrons. The van der Waals surface area contributed by atoms with Crippen LogP contribution in [0.2, 0.25) is 0 Å². The van der Waals surface area contributed by atoms with E-state index >= 15 is 0 Å². The molecule has 4 heteroatoms. The predicted molar refractivity (Wildman–Crippen MR) is 74.3 cm³/mol. The Labute approximate surface area is 124 Å². The Balaban J connectivity index is 1.44. The Hall–Kier alpha value is -0.870. The standard InChI is InChI=1S/C17H22O4/c18-15-17(8-11-3-4-12(17)7-11)13(9-19-15)14-10-20-16(21-14)5-1-2-6-16/h3-4,11-14H,1-2,5-10H2/t11-,12+,13+,14+,17+/m0/s1. The molecule has 5 rings (SSSR count). The Morgan fingerprint density at radius 3 is 2.71 bits per heavy atom. The number of cyclic esters (lactones) is 1. The number of carbonyl (C=O) groups is 1. The Kier molecular flexibility index (Phi) is 2.47. The van der Waals surface area contributed by atoms with Crippen molar-refractivity contribution in [3.8, 4) is 0 Å². The minimum Gasteiger partial charge on any atom is -0.465 e. The highest BCUT2D eigenvalue weighted by atomic mass is 16.7. The second-order valence-corrected chi connectivity index (χ2v) is 7.52. The highest BCUT2D eigenvalue weighted by Gasteiger charge is 2.65. The lowest BCUT2D eigenvalue weighted by Gasteiger charge is -2.35. The van der Waals surface area contributed by atoms with Gasteiger partial charge >= 0.3 is 5.97 Å². The zero-order valence-electron chi connectivity index (χ0n) is 12.3. The van der Waals surface area contributed by atoms with Gasteiger partial charge in [-0.25, -0.2) is 0 Å². The zero-order valence-corrected chi connectivity index (χ0v) is 12.3. The van der Waals surface area contributed by atoms with E-state index in [0.29, 0.717) is 25.0 Å². The van der Waals surface area contributed by atoms with Crippen molar-refractivity contribution in [1.29, 1.82) is 0 Å². The summed E-state index contributed by atoms with van der Waals surface area (Å²) in [6.45, 7) is 1.14. The van der Waals surface area contributed by atoms with Gasteiger partial charge in [0.1, 0.15) is 0 Å². The molecule has 0 N–H and O–H groups in total. The smallest absolute Gasteiger partial charge is 0.313 e. The summed E-state index contributed by atoms with van der Waals surface area (Å²) in [7, 11) is 0. The lowest BCUT2D eigenvalue weighted by molar-refractivity contribution is -0.172. The third-order valence-electron chi connectivity index (χ3n) is 6.56. The molecule has 2 heterocycles. The summed E-state index contributed by atoms with van der Waals surface area (Å²) >= 11 is 0. The Morgan fingerprint density at radius 1 is 1.14 bits per heavy atom. The van der Waals surface area contributed by atoms with Crippen molar-refractivity contribution in [2.75, 3.05) is 13.2 Å². The van der Waals surface area contributed by atoms with E-state index < -0.39 is 0 Å². The molecule has 4 fully saturated rings. The molecule has 2 spiro atoms. The number of esters is 1. The summed E-state index contributed by atoms with van der Waals surface area (Å²) in [5.41, 5.74) is -0.322. The van der Waals surface area contributed by atoms with Crippen LogP contribution in [0.15, 0.2) is 12.2 Å². The lowest BCUT2D eigenvalue weighted by Crippen LogP contribution is -2.44. The molecule has 0 aromatic rings. The van der Waals surface area contributed by atoms with Crippen LogP contribution in [0.4, 0.5) is 0 Å². The van der Waals surface area contributed by atoms with E-state index in [1.165, 1.54) is 12.8 Å². The molecule has 0 unspecified atom stereocenters. The van der Waals surface area contributed by atoms with Gasteiger partial charge in [-0.2, -0.15) is 0 Å². The normalized spacial score (nSPS) is 49.8. The summed E-state index contributed by atoms with van der Waals surface area (Å²) < 4.78 is 17.9. The van der Waals surface area contributed by atoms with Crippen LogP contribution in [0.3, 0.4) is 0 Å². The van der Waals surface area contributed by atoms with Gasteiger partial charge in [0, 0.05) is 18.8 Å². The number of hydrogen-bond acceptors (Lipinski definition) is 4. The average molecular weight is 290 g/mol. The SMILES string of the molecule is O=C1OC[C@H]([C@H]2COC3(CCCC3)O2)[C@]12C[C@H]1C=C[C@@H]2C1. The number of ether oxygens (including phenoxy) is 3. The van der Waals surface area contributed by atoms with Crippen molar-refractivity contribution in [2.45, 2.75) is 50.4 Å². The summed E-state index contributed by atoms with van der Waals surface area (Å²) in [5, 5.41) is 0. The van der Waals surface area contributed by atoms with E-state index in [0.717, 1.165) is 25.7 Å². The first-order valence-corrected chi connectivity index (χ1v) is 8.39. The molecule has 21 heavy (non-hydrogen) atoms. The Morgan fingerprint density at radius 2 is 2.00 bits per heavy atom. The number of hydrogen-bond donors (Lipinski definition) is 0. The molecule has 2 saturated heterocycles. The van der Waals surface area contributed by atoms with Crippen molar-refractivity contribution in [1.82, 2.24) is 0 Å². The second-order valence-electron chi connectivity index (χ2n) is 7.52. The molecule has 2 bridgehead atoms. The van der Waals surface area contributed by atoms with Gasteiger partial charge in [-0.3, -0.25) is 4.79 Å².